The quantitative estimate of drug-likeness (QED) is 0.707. The maximum Gasteiger partial charge on any atom is 2.00 e. The summed E-state index contributed by atoms with van der Waals surface area (Å²) in [6, 6.07) is 0. The predicted molar refractivity (Wildman–Crippen MR) is 39.7 cm³/mol. The molecular weight excluding hydrogens is 192 g/mol. The zero-order valence-corrected chi connectivity index (χ0v) is 9.53. The molecule has 0 radical (unpaired) electrons. The Morgan fingerprint density at radius 1 is 1.56 bits per heavy atom. The Hall–Kier alpha value is 0.951. The van der Waals surface area contributed by atoms with Gasteiger partial charge in [0.15, 0.2) is 0 Å². The molecule has 0 spiro atoms. The van der Waals surface area contributed by atoms with Gasteiger partial charge in [-0.3, -0.25) is 4.79 Å². The van der Waals surface area contributed by atoms with Crippen molar-refractivity contribution in [2.75, 3.05) is 0 Å². The molecule has 0 heterocycles. The second-order valence-corrected chi connectivity index (χ2v) is 1.85. The zero-order chi connectivity index (χ0) is 6.57. The molecule has 0 atom stereocenters. The number of hydrogen-bond acceptors (Lipinski definition) is 1. The normalized spacial score (nSPS) is 8.78. The van der Waals surface area contributed by atoms with Crippen LogP contribution in [0.25, 0.3) is 0 Å². The first kappa shape index (κ1) is 12.6. The Balaban J connectivity index is -0.0000000817. The smallest absolute Gasteiger partial charge is 1.00 e. The van der Waals surface area contributed by atoms with Gasteiger partial charge in [0.05, 0.1) is 5.92 Å². The minimum atomic E-state index is -0.671. The van der Waals surface area contributed by atoms with Crippen molar-refractivity contribution >= 4 is 51.5 Å². The van der Waals surface area contributed by atoms with E-state index in [9.17, 15) is 4.79 Å². The second-order valence-electron chi connectivity index (χ2n) is 1.85. The van der Waals surface area contributed by atoms with Crippen LogP contribution in [0.5, 0.6) is 0 Å². The van der Waals surface area contributed by atoms with E-state index in [0.717, 1.165) is 12.8 Å². The van der Waals surface area contributed by atoms with Gasteiger partial charge in [0.2, 0.25) is 0 Å². The molecule has 0 fully saturated rings. The molecule has 0 aliphatic rings. The third-order valence-corrected chi connectivity index (χ3v) is 1.33. The fourth-order valence-electron chi connectivity index (χ4n) is 0.638. The minimum absolute atomic E-state index is 0. The van der Waals surface area contributed by atoms with Crippen LogP contribution in [-0.2, 0) is 4.79 Å². The van der Waals surface area contributed by atoms with Crippen LogP contribution in [-0.4, -0.2) is 56.6 Å². The van der Waals surface area contributed by atoms with E-state index in [1.807, 2.05) is 13.8 Å². The van der Waals surface area contributed by atoms with Crippen LogP contribution in [0.15, 0.2) is 0 Å². The van der Waals surface area contributed by atoms with Crippen molar-refractivity contribution in [3.05, 3.63) is 0 Å². The van der Waals surface area contributed by atoms with Gasteiger partial charge in [0, 0.05) is 0 Å². The van der Waals surface area contributed by atoms with Gasteiger partial charge in [0.25, 0.3) is 0 Å². The van der Waals surface area contributed by atoms with E-state index in [2.05, 4.69) is 0 Å². The van der Waals surface area contributed by atoms with Crippen LogP contribution in [0, 0.1) is 5.92 Å². The molecule has 3 heteroatoms. The first-order valence-electron chi connectivity index (χ1n) is 2.95. The molecule has 1 N–H and O–H groups in total. The van der Waals surface area contributed by atoms with E-state index in [-0.39, 0.29) is 54.3 Å². The monoisotopic (exact) mass is 206 g/mol. The van der Waals surface area contributed by atoms with Crippen molar-refractivity contribution in [3.63, 3.8) is 0 Å². The fraction of sp³-hybridized carbons (Fsp3) is 0.833. The Kier molecular flexibility index (Phi) is 9.90. The summed E-state index contributed by atoms with van der Waals surface area (Å²) in [5.41, 5.74) is 0. The van der Waals surface area contributed by atoms with Crippen molar-refractivity contribution in [2.24, 2.45) is 5.92 Å². The van der Waals surface area contributed by atoms with E-state index in [4.69, 9.17) is 5.11 Å². The summed E-state index contributed by atoms with van der Waals surface area (Å²) in [7, 11) is 0. The van der Waals surface area contributed by atoms with Crippen molar-refractivity contribution in [1.29, 1.82) is 0 Å². The van der Waals surface area contributed by atoms with Crippen molar-refractivity contribution in [2.45, 2.75) is 26.7 Å². The van der Waals surface area contributed by atoms with Crippen molar-refractivity contribution in [1.82, 2.24) is 0 Å². The molecule has 0 aliphatic heterocycles. The van der Waals surface area contributed by atoms with E-state index < -0.39 is 5.97 Å². The standard InChI is InChI=1S/C6H12O2.Sr.2H/c1-3-5(4-2)6(7)8;;;/h5H,3-4H2,1-2H3,(H,7,8);;;/q;+2;2*-1. The number of carbonyl (C=O) groups is 1. The summed E-state index contributed by atoms with van der Waals surface area (Å²) >= 11 is 0. The van der Waals surface area contributed by atoms with E-state index in [0.29, 0.717) is 0 Å². The van der Waals surface area contributed by atoms with Crippen molar-refractivity contribution in [3.8, 4) is 0 Å². The topological polar surface area (TPSA) is 37.3 Å². The van der Waals surface area contributed by atoms with Gasteiger partial charge < -0.3 is 7.96 Å². The molecule has 0 saturated carbocycles. The molecule has 0 amide bonds. The molecule has 52 valence electrons. The summed E-state index contributed by atoms with van der Waals surface area (Å²) < 4.78 is 0. The molecule has 0 aromatic carbocycles. The Bertz CT molecular complexity index is 86.7. The van der Waals surface area contributed by atoms with Crippen LogP contribution >= 0.6 is 0 Å². The first-order valence-corrected chi connectivity index (χ1v) is 2.95. The molecule has 0 bridgehead atoms. The van der Waals surface area contributed by atoms with Gasteiger partial charge in [-0.2, -0.15) is 0 Å². The maximum absolute atomic E-state index is 10.2. The van der Waals surface area contributed by atoms with Gasteiger partial charge in [-0.25, -0.2) is 0 Å². The number of hydrogen-bond donors (Lipinski definition) is 1. The van der Waals surface area contributed by atoms with Gasteiger partial charge in [-0.05, 0) is 12.8 Å². The van der Waals surface area contributed by atoms with Crippen LogP contribution in [0.1, 0.15) is 29.5 Å². The van der Waals surface area contributed by atoms with Gasteiger partial charge >= 0.3 is 51.5 Å². The number of carboxylic acids is 1. The molecule has 0 saturated heterocycles. The van der Waals surface area contributed by atoms with E-state index in [1.54, 1.807) is 0 Å². The summed E-state index contributed by atoms with van der Waals surface area (Å²) in [5, 5.41) is 8.37. The average molecular weight is 206 g/mol. The summed E-state index contributed by atoms with van der Waals surface area (Å²) in [5.74, 6) is -0.801. The van der Waals surface area contributed by atoms with Crippen molar-refractivity contribution < 1.29 is 12.8 Å². The van der Waals surface area contributed by atoms with Gasteiger partial charge in [0.1, 0.15) is 0 Å². The Labute approximate surface area is 95.9 Å². The SMILES string of the molecule is CCC(CC)C(=O)O.[H-].[H-].[Sr+2]. The number of rotatable bonds is 3. The fourth-order valence-corrected chi connectivity index (χ4v) is 0.638. The Morgan fingerprint density at radius 2 is 1.89 bits per heavy atom. The molecular formula is C6H14O2Sr. The molecule has 0 rings (SSSR count). The van der Waals surface area contributed by atoms with Crippen LogP contribution in [0.2, 0.25) is 0 Å². The van der Waals surface area contributed by atoms with E-state index >= 15 is 0 Å². The molecule has 0 aromatic heterocycles. The second kappa shape index (κ2) is 7.06. The van der Waals surface area contributed by atoms with Gasteiger partial charge in [-0.15, -0.1) is 0 Å². The number of aliphatic carboxylic acids is 1. The van der Waals surface area contributed by atoms with Crippen LogP contribution in [0.4, 0.5) is 0 Å². The molecule has 0 unspecified atom stereocenters. The van der Waals surface area contributed by atoms with E-state index in [1.165, 1.54) is 0 Å². The third kappa shape index (κ3) is 5.40. The molecule has 9 heavy (non-hydrogen) atoms. The minimum Gasteiger partial charge on any atom is -1.00 e. The average Bonchev–Trinajstić information content (AvgIpc) is 1.69. The summed E-state index contributed by atoms with van der Waals surface area (Å²) in [4.78, 5) is 10.2. The molecule has 2 nitrogen and oxygen atoms in total. The largest absolute Gasteiger partial charge is 2.00 e. The summed E-state index contributed by atoms with van der Waals surface area (Å²) in [6.07, 6.45) is 1.48. The zero-order valence-electron chi connectivity index (χ0n) is 8.05. The third-order valence-electron chi connectivity index (χ3n) is 1.33. The number of carboxylic acid groups (broad SMARTS) is 1. The summed E-state index contributed by atoms with van der Waals surface area (Å²) in [6.45, 7) is 3.78. The molecule has 0 aromatic rings. The predicted octanol–water partition coefficient (Wildman–Crippen LogP) is 1.35. The van der Waals surface area contributed by atoms with Crippen LogP contribution in [0.3, 0.4) is 0 Å². The molecule has 0 aliphatic carbocycles. The van der Waals surface area contributed by atoms with Crippen LogP contribution < -0.4 is 0 Å². The maximum atomic E-state index is 10.2. The first-order chi connectivity index (χ1) is 3.72. The Morgan fingerprint density at radius 3 is 1.89 bits per heavy atom. The van der Waals surface area contributed by atoms with Gasteiger partial charge in [-0.1, -0.05) is 13.8 Å².